The van der Waals surface area contributed by atoms with E-state index in [-0.39, 0.29) is 18.2 Å². The van der Waals surface area contributed by atoms with Crippen molar-refractivity contribution >= 4 is 11.9 Å². The number of primary amides is 1. The first-order valence-electron chi connectivity index (χ1n) is 6.78. The Balaban J connectivity index is 2.15. The van der Waals surface area contributed by atoms with Gasteiger partial charge in [-0.3, -0.25) is 4.79 Å². The summed E-state index contributed by atoms with van der Waals surface area (Å²) in [7, 11) is 0. The molecule has 5 nitrogen and oxygen atoms in total. The lowest BCUT2D eigenvalue weighted by molar-refractivity contribution is 0.0614. The molecular formula is C14H17F2N3O2. The quantitative estimate of drug-likeness (QED) is 0.889. The number of nitrogens with zero attached hydrogens (tertiary/aromatic N) is 1. The Kier molecular flexibility index (Phi) is 4.72. The number of benzene rings is 1. The smallest absolute Gasteiger partial charge is 0.312 e. The minimum absolute atomic E-state index is 0.0292. The molecule has 114 valence electrons. The van der Waals surface area contributed by atoms with E-state index in [0.29, 0.717) is 13.0 Å². The van der Waals surface area contributed by atoms with Crippen molar-refractivity contribution in [3.05, 3.63) is 35.4 Å². The van der Waals surface area contributed by atoms with Gasteiger partial charge in [0.05, 0.1) is 0 Å². The van der Waals surface area contributed by atoms with Crippen LogP contribution in [-0.4, -0.2) is 36.0 Å². The number of nitrogens with one attached hydrogen (secondary N) is 1. The number of hydrogen-bond donors (Lipinski definition) is 2. The molecule has 1 aliphatic heterocycles. The predicted octanol–water partition coefficient (Wildman–Crippen LogP) is 1.63. The van der Waals surface area contributed by atoms with E-state index in [0.717, 1.165) is 31.0 Å². The summed E-state index contributed by atoms with van der Waals surface area (Å²) in [5, 5.41) is 2.47. The number of piperidine rings is 1. The van der Waals surface area contributed by atoms with Gasteiger partial charge in [-0.1, -0.05) is 0 Å². The van der Waals surface area contributed by atoms with Gasteiger partial charge in [-0.05, 0) is 31.4 Å². The molecule has 21 heavy (non-hydrogen) atoms. The summed E-state index contributed by atoms with van der Waals surface area (Å²) >= 11 is 0. The maximum absolute atomic E-state index is 13.2. The summed E-state index contributed by atoms with van der Waals surface area (Å²) < 4.78 is 26.4. The first kappa shape index (κ1) is 15.2. The van der Waals surface area contributed by atoms with Crippen LogP contribution in [-0.2, 0) is 0 Å². The molecule has 0 aromatic heterocycles. The number of hydrogen-bond acceptors (Lipinski definition) is 2. The molecule has 1 saturated heterocycles. The average molecular weight is 297 g/mol. The third kappa shape index (κ3) is 3.90. The second-order valence-corrected chi connectivity index (χ2v) is 5.05. The van der Waals surface area contributed by atoms with Crippen LogP contribution in [0, 0.1) is 11.6 Å². The fourth-order valence-corrected chi connectivity index (χ4v) is 2.54. The molecule has 1 aliphatic rings. The summed E-state index contributed by atoms with van der Waals surface area (Å²) in [5.41, 5.74) is 5.00. The van der Waals surface area contributed by atoms with E-state index in [2.05, 4.69) is 5.32 Å². The van der Waals surface area contributed by atoms with E-state index in [1.807, 2.05) is 0 Å². The number of nitrogens with two attached hydrogens (primary N) is 1. The molecule has 0 bridgehead atoms. The molecule has 1 aromatic carbocycles. The van der Waals surface area contributed by atoms with Crippen LogP contribution >= 0.6 is 0 Å². The molecule has 0 radical (unpaired) electrons. The zero-order valence-corrected chi connectivity index (χ0v) is 11.4. The molecule has 2 rings (SSSR count). The summed E-state index contributed by atoms with van der Waals surface area (Å²) in [6, 6.07) is 1.87. The standard InChI is InChI=1S/C14H17F2N3O2/c15-10-5-9(6-11(16)7-10)13(20)19-4-2-1-3-12(19)8-18-14(17)21/h5-7,12H,1-4,8H2,(H3,17,18,21)/t12-/m1/s1. The molecule has 1 aromatic rings. The number of rotatable bonds is 3. The number of urea groups is 1. The molecule has 7 heteroatoms. The molecule has 0 unspecified atom stereocenters. The molecular weight excluding hydrogens is 280 g/mol. The molecule has 0 saturated carbocycles. The SMILES string of the molecule is NC(=O)NC[C@H]1CCCCN1C(=O)c1cc(F)cc(F)c1. The lowest BCUT2D eigenvalue weighted by atomic mass is 10.0. The third-order valence-electron chi connectivity index (χ3n) is 3.51. The lowest BCUT2D eigenvalue weighted by Crippen LogP contribution is -2.50. The van der Waals surface area contributed by atoms with Crippen molar-refractivity contribution in [3.8, 4) is 0 Å². The molecule has 1 atom stereocenters. The molecule has 0 aliphatic carbocycles. The highest BCUT2D eigenvalue weighted by atomic mass is 19.1. The lowest BCUT2D eigenvalue weighted by Gasteiger charge is -2.35. The molecule has 3 amide bonds. The maximum atomic E-state index is 13.2. The van der Waals surface area contributed by atoms with Gasteiger partial charge in [0.15, 0.2) is 0 Å². The number of amides is 3. The largest absolute Gasteiger partial charge is 0.352 e. The Hall–Kier alpha value is -2.18. The van der Waals surface area contributed by atoms with E-state index in [1.54, 1.807) is 0 Å². The van der Waals surface area contributed by atoms with Gasteiger partial charge in [0.25, 0.3) is 5.91 Å². The zero-order chi connectivity index (χ0) is 15.4. The van der Waals surface area contributed by atoms with Gasteiger partial charge in [0, 0.05) is 30.8 Å². The molecule has 1 heterocycles. The molecule has 3 N–H and O–H groups in total. The normalized spacial score (nSPS) is 18.4. The first-order valence-corrected chi connectivity index (χ1v) is 6.78. The Morgan fingerprint density at radius 1 is 1.24 bits per heavy atom. The number of carbonyl (C=O) groups excluding carboxylic acids is 2. The van der Waals surface area contributed by atoms with Crippen molar-refractivity contribution in [3.63, 3.8) is 0 Å². The summed E-state index contributed by atoms with van der Waals surface area (Å²) in [4.78, 5) is 24.7. The van der Waals surface area contributed by atoms with Gasteiger partial charge in [-0.25, -0.2) is 13.6 Å². The minimum Gasteiger partial charge on any atom is -0.352 e. The van der Waals surface area contributed by atoms with Gasteiger partial charge < -0.3 is 16.0 Å². The van der Waals surface area contributed by atoms with Crippen molar-refractivity contribution in [2.45, 2.75) is 25.3 Å². The summed E-state index contributed by atoms with van der Waals surface area (Å²) in [6.07, 6.45) is 2.45. The van der Waals surface area contributed by atoms with Crippen LogP contribution in [0.1, 0.15) is 29.6 Å². The Bertz CT molecular complexity index is 531. The highest BCUT2D eigenvalue weighted by Crippen LogP contribution is 2.20. The monoisotopic (exact) mass is 297 g/mol. The highest BCUT2D eigenvalue weighted by Gasteiger charge is 2.28. The number of likely N-dealkylation sites (tertiary alicyclic amines) is 1. The Labute approximate surface area is 121 Å². The van der Waals surface area contributed by atoms with E-state index in [9.17, 15) is 18.4 Å². The number of halogens is 2. The Morgan fingerprint density at radius 3 is 2.52 bits per heavy atom. The zero-order valence-electron chi connectivity index (χ0n) is 11.4. The second kappa shape index (κ2) is 6.51. The predicted molar refractivity (Wildman–Crippen MR) is 72.6 cm³/mol. The van der Waals surface area contributed by atoms with Gasteiger partial charge >= 0.3 is 6.03 Å². The van der Waals surface area contributed by atoms with Crippen LogP contribution < -0.4 is 11.1 Å². The van der Waals surface area contributed by atoms with Crippen LogP contribution in [0.5, 0.6) is 0 Å². The van der Waals surface area contributed by atoms with Gasteiger partial charge in [0.1, 0.15) is 11.6 Å². The van der Waals surface area contributed by atoms with Gasteiger partial charge in [-0.2, -0.15) is 0 Å². The average Bonchev–Trinajstić information content (AvgIpc) is 2.43. The van der Waals surface area contributed by atoms with Crippen molar-refractivity contribution in [1.29, 1.82) is 0 Å². The van der Waals surface area contributed by atoms with Crippen LogP contribution in [0.15, 0.2) is 18.2 Å². The molecule has 1 fully saturated rings. The van der Waals surface area contributed by atoms with Gasteiger partial charge in [-0.15, -0.1) is 0 Å². The van der Waals surface area contributed by atoms with Crippen molar-refractivity contribution in [2.24, 2.45) is 5.73 Å². The maximum Gasteiger partial charge on any atom is 0.312 e. The van der Waals surface area contributed by atoms with Crippen LogP contribution in [0.3, 0.4) is 0 Å². The van der Waals surface area contributed by atoms with Crippen molar-refractivity contribution < 1.29 is 18.4 Å². The van der Waals surface area contributed by atoms with E-state index >= 15 is 0 Å². The topological polar surface area (TPSA) is 75.4 Å². The second-order valence-electron chi connectivity index (χ2n) is 5.05. The summed E-state index contributed by atoms with van der Waals surface area (Å²) in [6.45, 7) is 0.723. The van der Waals surface area contributed by atoms with E-state index in [1.165, 1.54) is 4.90 Å². The highest BCUT2D eigenvalue weighted by molar-refractivity contribution is 5.94. The van der Waals surface area contributed by atoms with Crippen molar-refractivity contribution in [1.82, 2.24) is 10.2 Å². The van der Waals surface area contributed by atoms with Crippen LogP contribution in [0.25, 0.3) is 0 Å². The minimum atomic E-state index is -0.790. The molecule has 0 spiro atoms. The Morgan fingerprint density at radius 2 is 1.90 bits per heavy atom. The van der Waals surface area contributed by atoms with E-state index in [4.69, 9.17) is 5.73 Å². The summed E-state index contributed by atoms with van der Waals surface area (Å²) in [5.74, 6) is -2.02. The van der Waals surface area contributed by atoms with E-state index < -0.39 is 23.6 Å². The van der Waals surface area contributed by atoms with Crippen LogP contribution in [0.2, 0.25) is 0 Å². The fraction of sp³-hybridized carbons (Fsp3) is 0.429. The first-order chi connectivity index (χ1) is 9.97. The van der Waals surface area contributed by atoms with Crippen molar-refractivity contribution in [2.75, 3.05) is 13.1 Å². The third-order valence-corrected chi connectivity index (χ3v) is 3.51. The van der Waals surface area contributed by atoms with Crippen LogP contribution in [0.4, 0.5) is 13.6 Å². The number of carbonyl (C=O) groups is 2. The van der Waals surface area contributed by atoms with Gasteiger partial charge in [0.2, 0.25) is 0 Å². The fourth-order valence-electron chi connectivity index (χ4n) is 2.54.